The number of hydrogen-bond donors (Lipinski definition) is 0. The molecule has 0 aromatic carbocycles. The van der Waals surface area contributed by atoms with Crippen LogP contribution >= 0.6 is 11.6 Å². The van der Waals surface area contributed by atoms with E-state index in [1.807, 2.05) is 0 Å². The van der Waals surface area contributed by atoms with E-state index in [9.17, 15) is 14.7 Å². The van der Waals surface area contributed by atoms with Crippen LogP contribution in [-0.4, -0.2) is 11.2 Å². The molecule has 0 fully saturated rings. The van der Waals surface area contributed by atoms with Crippen molar-refractivity contribution in [3.8, 4) is 0 Å². The molecule has 0 spiro atoms. The van der Waals surface area contributed by atoms with Crippen LogP contribution in [0.1, 0.15) is 38.5 Å². The van der Waals surface area contributed by atoms with Gasteiger partial charge in [-0.3, -0.25) is 4.79 Å². The Morgan fingerprint density at radius 3 is 1.92 bits per heavy atom. The van der Waals surface area contributed by atoms with E-state index in [1.54, 1.807) is 0 Å². The molecular weight excluding hydrogens is 180 g/mol. The maximum absolute atomic E-state index is 10.2. The molecule has 0 aliphatic rings. The molecule has 0 aliphatic heterocycles. The van der Waals surface area contributed by atoms with Crippen LogP contribution in [0.15, 0.2) is 0 Å². The molecule has 3 nitrogen and oxygen atoms in total. The summed E-state index contributed by atoms with van der Waals surface area (Å²) in [5.41, 5.74) is 0. The van der Waals surface area contributed by atoms with Crippen LogP contribution in [-0.2, 0) is 9.59 Å². The third-order valence-electron chi connectivity index (χ3n) is 1.50. The molecule has 0 aliphatic carbocycles. The average Bonchev–Trinajstić information content (AvgIpc) is 1.95. The molecule has 0 unspecified atom stereocenters. The summed E-state index contributed by atoms with van der Waals surface area (Å²) in [6.07, 6.45) is 3.53. The van der Waals surface area contributed by atoms with E-state index in [0.717, 1.165) is 19.3 Å². The van der Waals surface area contributed by atoms with E-state index in [1.165, 1.54) is 0 Å². The van der Waals surface area contributed by atoms with Gasteiger partial charge in [0.1, 0.15) is 0 Å². The molecule has 0 heterocycles. The Hall–Kier alpha value is -0.570. The zero-order valence-corrected chi connectivity index (χ0v) is 7.60. The second-order valence-corrected chi connectivity index (χ2v) is 3.06. The first-order valence-electron chi connectivity index (χ1n) is 4.01. The SMILES string of the molecule is O=C([O-])CCCCCCC(=O)Cl. The van der Waals surface area contributed by atoms with Gasteiger partial charge < -0.3 is 9.90 Å². The fraction of sp³-hybridized carbons (Fsp3) is 0.750. The number of rotatable bonds is 7. The summed E-state index contributed by atoms with van der Waals surface area (Å²) in [7, 11) is 0. The fourth-order valence-electron chi connectivity index (χ4n) is 0.887. The third kappa shape index (κ3) is 9.43. The summed E-state index contributed by atoms with van der Waals surface area (Å²) in [6.45, 7) is 0. The fourth-order valence-corrected chi connectivity index (χ4v) is 1.02. The summed E-state index contributed by atoms with van der Waals surface area (Å²) in [4.78, 5) is 20.2. The first-order valence-corrected chi connectivity index (χ1v) is 4.39. The Bertz CT molecular complexity index is 138. The van der Waals surface area contributed by atoms with E-state index < -0.39 is 5.97 Å². The molecule has 0 bridgehead atoms. The summed E-state index contributed by atoms with van der Waals surface area (Å²) in [6, 6.07) is 0. The minimum Gasteiger partial charge on any atom is -0.550 e. The molecule has 4 heteroatoms. The molecule has 0 aromatic heterocycles. The van der Waals surface area contributed by atoms with Gasteiger partial charge in [0.2, 0.25) is 5.24 Å². The summed E-state index contributed by atoms with van der Waals surface area (Å²) in [5.74, 6) is -1.01. The smallest absolute Gasteiger partial charge is 0.221 e. The molecule has 0 radical (unpaired) electrons. The van der Waals surface area contributed by atoms with Crippen molar-refractivity contribution in [2.24, 2.45) is 0 Å². The van der Waals surface area contributed by atoms with E-state index in [4.69, 9.17) is 11.6 Å². The molecule has 0 saturated heterocycles. The van der Waals surface area contributed by atoms with Gasteiger partial charge in [-0.1, -0.05) is 12.8 Å². The van der Waals surface area contributed by atoms with E-state index in [0.29, 0.717) is 12.8 Å². The topological polar surface area (TPSA) is 57.2 Å². The summed E-state index contributed by atoms with van der Waals surface area (Å²) >= 11 is 5.10. The number of aliphatic carboxylic acids is 1. The molecule has 0 atom stereocenters. The molecule has 0 saturated carbocycles. The number of unbranched alkanes of at least 4 members (excludes halogenated alkanes) is 3. The van der Waals surface area contributed by atoms with Gasteiger partial charge in [-0.2, -0.15) is 0 Å². The lowest BCUT2D eigenvalue weighted by atomic mass is 10.1. The van der Waals surface area contributed by atoms with E-state index in [2.05, 4.69) is 0 Å². The normalized spacial score (nSPS) is 9.75. The number of halogens is 1. The maximum atomic E-state index is 10.2. The van der Waals surface area contributed by atoms with Crippen LogP contribution in [0.5, 0.6) is 0 Å². The quantitative estimate of drug-likeness (QED) is 0.443. The number of carboxylic acid groups (broad SMARTS) is 1. The second-order valence-electron chi connectivity index (χ2n) is 2.64. The van der Waals surface area contributed by atoms with Crippen LogP contribution in [0.2, 0.25) is 0 Å². The van der Waals surface area contributed by atoms with Crippen molar-refractivity contribution in [1.29, 1.82) is 0 Å². The Morgan fingerprint density at radius 2 is 1.50 bits per heavy atom. The highest BCUT2D eigenvalue weighted by molar-refractivity contribution is 6.63. The van der Waals surface area contributed by atoms with Gasteiger partial charge >= 0.3 is 0 Å². The number of hydrogen-bond acceptors (Lipinski definition) is 3. The number of carboxylic acids is 1. The van der Waals surface area contributed by atoms with E-state index in [-0.39, 0.29) is 11.7 Å². The number of carbonyl (C=O) groups excluding carboxylic acids is 2. The van der Waals surface area contributed by atoms with Gasteiger partial charge in [-0.25, -0.2) is 0 Å². The molecule has 0 N–H and O–H groups in total. The van der Waals surface area contributed by atoms with Crippen molar-refractivity contribution < 1.29 is 14.7 Å². The standard InChI is InChI=1S/C8H13ClO3/c9-7(10)5-3-1-2-4-6-8(11)12/h1-6H2,(H,11,12)/p-1. The van der Waals surface area contributed by atoms with Gasteiger partial charge in [0.05, 0.1) is 0 Å². The van der Waals surface area contributed by atoms with Crippen molar-refractivity contribution in [2.45, 2.75) is 38.5 Å². The van der Waals surface area contributed by atoms with Crippen LogP contribution < -0.4 is 5.11 Å². The van der Waals surface area contributed by atoms with Crippen LogP contribution in [0.4, 0.5) is 0 Å². The molecule has 0 amide bonds. The maximum Gasteiger partial charge on any atom is 0.221 e. The van der Waals surface area contributed by atoms with Crippen LogP contribution in [0, 0.1) is 0 Å². The molecule has 0 aromatic rings. The van der Waals surface area contributed by atoms with Crippen LogP contribution in [0.25, 0.3) is 0 Å². The van der Waals surface area contributed by atoms with Crippen molar-refractivity contribution in [3.05, 3.63) is 0 Å². The molecule has 12 heavy (non-hydrogen) atoms. The minimum atomic E-state index is -1.01. The Labute approximate surface area is 76.7 Å². The van der Waals surface area contributed by atoms with Crippen molar-refractivity contribution >= 4 is 22.8 Å². The first kappa shape index (κ1) is 11.4. The Balaban J connectivity index is 3.01. The van der Waals surface area contributed by atoms with Gasteiger partial charge in [0.15, 0.2) is 0 Å². The van der Waals surface area contributed by atoms with Gasteiger partial charge in [-0.15, -0.1) is 0 Å². The lowest BCUT2D eigenvalue weighted by Gasteiger charge is -2.00. The Kier molecular flexibility index (Phi) is 6.76. The molecular formula is C8H12ClO3-. The van der Waals surface area contributed by atoms with Crippen molar-refractivity contribution in [2.75, 3.05) is 0 Å². The minimum absolute atomic E-state index is 0.106. The van der Waals surface area contributed by atoms with E-state index >= 15 is 0 Å². The monoisotopic (exact) mass is 191 g/mol. The van der Waals surface area contributed by atoms with Crippen molar-refractivity contribution in [1.82, 2.24) is 0 Å². The predicted octanol–water partition coefficient (Wildman–Crippen LogP) is 0.842. The zero-order valence-electron chi connectivity index (χ0n) is 6.85. The Morgan fingerprint density at radius 1 is 1.00 bits per heavy atom. The first-order chi connectivity index (χ1) is 5.63. The lowest BCUT2D eigenvalue weighted by Crippen LogP contribution is -2.21. The van der Waals surface area contributed by atoms with Gasteiger partial charge in [-0.05, 0) is 30.9 Å². The lowest BCUT2D eigenvalue weighted by molar-refractivity contribution is -0.305. The summed E-state index contributed by atoms with van der Waals surface area (Å²) < 4.78 is 0. The predicted molar refractivity (Wildman–Crippen MR) is 43.6 cm³/mol. The number of carbonyl (C=O) groups is 2. The van der Waals surface area contributed by atoms with Crippen molar-refractivity contribution in [3.63, 3.8) is 0 Å². The highest BCUT2D eigenvalue weighted by Gasteiger charge is 1.95. The van der Waals surface area contributed by atoms with Gasteiger partial charge in [0.25, 0.3) is 0 Å². The zero-order chi connectivity index (χ0) is 9.40. The van der Waals surface area contributed by atoms with Crippen LogP contribution in [0.3, 0.4) is 0 Å². The summed E-state index contributed by atoms with van der Waals surface area (Å²) in [5, 5.41) is 9.63. The largest absolute Gasteiger partial charge is 0.550 e. The second kappa shape index (κ2) is 7.10. The highest BCUT2D eigenvalue weighted by Crippen LogP contribution is 2.06. The molecule has 70 valence electrons. The third-order valence-corrected chi connectivity index (χ3v) is 1.69. The van der Waals surface area contributed by atoms with Gasteiger partial charge in [0, 0.05) is 12.4 Å². The average molecular weight is 192 g/mol. The molecule has 0 rings (SSSR count). The highest BCUT2D eigenvalue weighted by atomic mass is 35.5.